The van der Waals surface area contributed by atoms with Gasteiger partial charge in [0.15, 0.2) is 11.6 Å². The molecule has 4 rings (SSSR count). The quantitative estimate of drug-likeness (QED) is 0.609. The van der Waals surface area contributed by atoms with Gasteiger partial charge in [-0.25, -0.2) is 8.78 Å². The van der Waals surface area contributed by atoms with Crippen LogP contribution in [0.15, 0.2) is 72.8 Å². The second-order valence-electron chi connectivity index (χ2n) is 7.57. The Hall–Kier alpha value is -3.25. The fourth-order valence-electron chi connectivity index (χ4n) is 3.83. The lowest BCUT2D eigenvalue weighted by molar-refractivity contribution is 0.0932. The molecular formula is C25H24F2N2O2. The standard InChI is InChI=1S/C25H24F2N2O2/c26-22-11-6-10-21(24(22)27)25(30)28-19-13-14-29(17-19)15-16-31-23-12-5-4-9-20(23)18-7-2-1-3-8-18/h1-12,19H,13-17H2,(H,28,30). The third-order valence-electron chi connectivity index (χ3n) is 5.44. The maximum Gasteiger partial charge on any atom is 0.254 e. The Bertz CT molecular complexity index is 1040. The van der Waals surface area contributed by atoms with E-state index in [2.05, 4.69) is 22.3 Å². The molecule has 1 atom stereocenters. The summed E-state index contributed by atoms with van der Waals surface area (Å²) in [6.07, 6.45) is 0.753. The summed E-state index contributed by atoms with van der Waals surface area (Å²) >= 11 is 0. The number of hydrogen-bond donors (Lipinski definition) is 1. The predicted octanol–water partition coefficient (Wildman–Crippen LogP) is 4.51. The first kappa shape index (κ1) is 21.0. The number of carbonyl (C=O) groups excluding carboxylic acids is 1. The van der Waals surface area contributed by atoms with Crippen molar-refractivity contribution in [3.05, 3.63) is 90.0 Å². The van der Waals surface area contributed by atoms with Crippen LogP contribution < -0.4 is 10.1 Å². The topological polar surface area (TPSA) is 41.6 Å². The summed E-state index contributed by atoms with van der Waals surface area (Å²) < 4.78 is 33.2. The molecule has 0 saturated carbocycles. The number of halogens is 2. The van der Waals surface area contributed by atoms with Gasteiger partial charge < -0.3 is 10.1 Å². The Kier molecular flexibility index (Phi) is 6.57. The zero-order valence-corrected chi connectivity index (χ0v) is 17.1. The molecule has 1 aliphatic rings. The minimum Gasteiger partial charge on any atom is -0.492 e. The summed E-state index contributed by atoms with van der Waals surface area (Å²) in [5.41, 5.74) is 1.89. The molecule has 1 heterocycles. The highest BCUT2D eigenvalue weighted by atomic mass is 19.2. The summed E-state index contributed by atoms with van der Waals surface area (Å²) in [6.45, 7) is 2.68. The maximum atomic E-state index is 13.8. The first-order chi connectivity index (χ1) is 15.1. The zero-order chi connectivity index (χ0) is 21.6. The Balaban J connectivity index is 1.28. The minimum absolute atomic E-state index is 0.105. The van der Waals surface area contributed by atoms with E-state index in [4.69, 9.17) is 4.74 Å². The first-order valence-corrected chi connectivity index (χ1v) is 10.4. The lowest BCUT2D eigenvalue weighted by atomic mass is 10.1. The fraction of sp³-hybridized carbons (Fsp3) is 0.240. The molecule has 1 unspecified atom stereocenters. The molecule has 6 heteroatoms. The zero-order valence-electron chi connectivity index (χ0n) is 17.1. The molecule has 0 bridgehead atoms. The molecule has 0 spiro atoms. The number of nitrogens with one attached hydrogen (secondary N) is 1. The van der Waals surface area contributed by atoms with E-state index in [9.17, 15) is 13.6 Å². The van der Waals surface area contributed by atoms with Crippen molar-refractivity contribution < 1.29 is 18.3 Å². The lowest BCUT2D eigenvalue weighted by Gasteiger charge is -2.18. The van der Waals surface area contributed by atoms with Gasteiger partial charge in [0.25, 0.3) is 5.91 Å². The molecule has 1 fully saturated rings. The predicted molar refractivity (Wildman–Crippen MR) is 116 cm³/mol. The van der Waals surface area contributed by atoms with Gasteiger partial charge in [-0.05, 0) is 30.2 Å². The van der Waals surface area contributed by atoms with Crippen molar-refractivity contribution in [1.82, 2.24) is 10.2 Å². The number of amides is 1. The summed E-state index contributed by atoms with van der Waals surface area (Å²) in [5.74, 6) is -1.88. The highest BCUT2D eigenvalue weighted by Gasteiger charge is 2.25. The average molecular weight is 422 g/mol. The Morgan fingerprint density at radius 1 is 1.00 bits per heavy atom. The molecule has 1 saturated heterocycles. The smallest absolute Gasteiger partial charge is 0.254 e. The number of para-hydroxylation sites is 1. The van der Waals surface area contributed by atoms with Gasteiger partial charge in [0.05, 0.1) is 5.56 Å². The van der Waals surface area contributed by atoms with Gasteiger partial charge in [0, 0.05) is 31.2 Å². The monoisotopic (exact) mass is 422 g/mol. The van der Waals surface area contributed by atoms with E-state index < -0.39 is 17.5 Å². The van der Waals surface area contributed by atoms with Crippen LogP contribution in [0.3, 0.4) is 0 Å². The van der Waals surface area contributed by atoms with Crippen molar-refractivity contribution in [3.8, 4) is 16.9 Å². The van der Waals surface area contributed by atoms with Crippen LogP contribution in [0, 0.1) is 11.6 Å². The van der Waals surface area contributed by atoms with E-state index in [0.29, 0.717) is 19.7 Å². The molecule has 31 heavy (non-hydrogen) atoms. The van der Waals surface area contributed by atoms with Crippen molar-refractivity contribution in [2.45, 2.75) is 12.5 Å². The lowest BCUT2D eigenvalue weighted by Crippen LogP contribution is -2.38. The molecule has 3 aromatic rings. The van der Waals surface area contributed by atoms with Gasteiger partial charge in [0.1, 0.15) is 12.4 Å². The van der Waals surface area contributed by atoms with E-state index in [1.807, 2.05) is 42.5 Å². The van der Waals surface area contributed by atoms with Crippen molar-refractivity contribution in [3.63, 3.8) is 0 Å². The first-order valence-electron chi connectivity index (χ1n) is 10.4. The van der Waals surface area contributed by atoms with Gasteiger partial charge >= 0.3 is 0 Å². The van der Waals surface area contributed by atoms with E-state index in [-0.39, 0.29) is 11.6 Å². The van der Waals surface area contributed by atoms with E-state index in [0.717, 1.165) is 35.9 Å². The van der Waals surface area contributed by atoms with Crippen molar-refractivity contribution in [2.24, 2.45) is 0 Å². The normalized spacial score (nSPS) is 16.3. The Morgan fingerprint density at radius 2 is 1.77 bits per heavy atom. The molecule has 4 nitrogen and oxygen atoms in total. The second kappa shape index (κ2) is 9.71. The molecule has 160 valence electrons. The van der Waals surface area contributed by atoms with Crippen molar-refractivity contribution in [1.29, 1.82) is 0 Å². The number of carbonyl (C=O) groups is 1. The van der Waals surface area contributed by atoms with Gasteiger partial charge in [0.2, 0.25) is 0 Å². The largest absolute Gasteiger partial charge is 0.492 e. The van der Waals surface area contributed by atoms with Crippen LogP contribution in [0.5, 0.6) is 5.75 Å². The van der Waals surface area contributed by atoms with E-state index >= 15 is 0 Å². The van der Waals surface area contributed by atoms with Crippen LogP contribution in [-0.2, 0) is 0 Å². The molecule has 0 radical (unpaired) electrons. The van der Waals surface area contributed by atoms with Crippen molar-refractivity contribution in [2.75, 3.05) is 26.2 Å². The molecule has 0 aliphatic carbocycles. The van der Waals surface area contributed by atoms with Crippen LogP contribution in [0.2, 0.25) is 0 Å². The SMILES string of the molecule is O=C(NC1CCN(CCOc2ccccc2-c2ccccc2)C1)c1cccc(F)c1F. The number of ether oxygens (including phenoxy) is 1. The van der Waals surface area contributed by atoms with Crippen LogP contribution in [0.4, 0.5) is 8.78 Å². The van der Waals surface area contributed by atoms with Crippen molar-refractivity contribution >= 4 is 5.91 Å². The number of benzene rings is 3. The molecule has 0 aromatic heterocycles. The number of nitrogens with zero attached hydrogens (tertiary/aromatic N) is 1. The maximum absolute atomic E-state index is 13.8. The second-order valence-corrected chi connectivity index (χ2v) is 7.57. The summed E-state index contributed by atoms with van der Waals surface area (Å²) in [6, 6.07) is 21.6. The summed E-state index contributed by atoms with van der Waals surface area (Å²) in [5, 5.41) is 2.80. The molecule has 3 aromatic carbocycles. The Labute approximate surface area is 180 Å². The summed E-state index contributed by atoms with van der Waals surface area (Å²) in [7, 11) is 0. The molecule has 1 N–H and O–H groups in total. The van der Waals surface area contributed by atoms with Gasteiger partial charge in [-0.3, -0.25) is 9.69 Å². The molecule has 1 aliphatic heterocycles. The third kappa shape index (κ3) is 5.09. The van der Waals surface area contributed by atoms with E-state index in [1.54, 1.807) is 0 Å². The summed E-state index contributed by atoms with van der Waals surface area (Å²) in [4.78, 5) is 14.5. The van der Waals surface area contributed by atoms with Crippen LogP contribution >= 0.6 is 0 Å². The highest BCUT2D eigenvalue weighted by molar-refractivity contribution is 5.94. The highest BCUT2D eigenvalue weighted by Crippen LogP contribution is 2.29. The number of hydrogen-bond acceptors (Lipinski definition) is 3. The average Bonchev–Trinajstić information content (AvgIpc) is 3.23. The number of likely N-dealkylation sites (tertiary alicyclic amines) is 1. The van der Waals surface area contributed by atoms with Gasteiger partial charge in [-0.15, -0.1) is 0 Å². The van der Waals surface area contributed by atoms with Crippen LogP contribution in [-0.4, -0.2) is 43.1 Å². The molecular weight excluding hydrogens is 398 g/mol. The minimum atomic E-state index is -1.11. The van der Waals surface area contributed by atoms with Crippen LogP contribution in [0.25, 0.3) is 11.1 Å². The van der Waals surface area contributed by atoms with Gasteiger partial charge in [-0.1, -0.05) is 54.6 Å². The van der Waals surface area contributed by atoms with Crippen LogP contribution in [0.1, 0.15) is 16.8 Å². The third-order valence-corrected chi connectivity index (χ3v) is 5.44. The Morgan fingerprint density at radius 3 is 2.61 bits per heavy atom. The van der Waals surface area contributed by atoms with E-state index in [1.165, 1.54) is 12.1 Å². The van der Waals surface area contributed by atoms with Gasteiger partial charge in [-0.2, -0.15) is 0 Å². The molecule has 1 amide bonds. The number of rotatable bonds is 7. The fourth-order valence-corrected chi connectivity index (χ4v) is 3.83.